The highest BCUT2D eigenvalue weighted by Crippen LogP contribution is 2.55. The lowest BCUT2D eigenvalue weighted by atomic mass is 10.3. The van der Waals surface area contributed by atoms with Gasteiger partial charge in [0.1, 0.15) is 28.9 Å². The van der Waals surface area contributed by atoms with Crippen molar-refractivity contribution in [2.45, 2.75) is 6.42 Å². The van der Waals surface area contributed by atoms with Gasteiger partial charge < -0.3 is 21.7 Å². The van der Waals surface area contributed by atoms with Crippen LogP contribution < -0.4 is 37.6 Å². The summed E-state index contributed by atoms with van der Waals surface area (Å²) >= 11 is 0. The summed E-state index contributed by atoms with van der Waals surface area (Å²) in [6.07, 6.45) is 2.08. The Morgan fingerprint density at radius 1 is 0.500 bits per heavy atom. The summed E-state index contributed by atoms with van der Waals surface area (Å²) in [6.45, 7) is 0.721. The summed E-state index contributed by atoms with van der Waals surface area (Å²) in [5, 5.41) is 4.28. The van der Waals surface area contributed by atoms with Gasteiger partial charge in [0.05, 0.1) is 12.8 Å². The van der Waals surface area contributed by atoms with Gasteiger partial charge in [0.15, 0.2) is 0 Å². The Hall–Kier alpha value is -2.41. The molecule has 0 amide bonds. The maximum Gasteiger partial charge on any atom is 0.119 e. The predicted molar refractivity (Wildman–Crippen MR) is 127 cm³/mol. The molecule has 0 heterocycles. The highest BCUT2D eigenvalue weighted by Gasteiger charge is 2.44. The van der Waals surface area contributed by atoms with Crippen molar-refractivity contribution < 1.29 is 21.7 Å². The third-order valence-electron chi connectivity index (χ3n) is 5.24. The van der Waals surface area contributed by atoms with E-state index in [0.29, 0.717) is 0 Å². The Bertz CT molecular complexity index is 895. The molecule has 0 bridgehead atoms. The summed E-state index contributed by atoms with van der Waals surface area (Å²) in [6, 6.07) is 43.2. The van der Waals surface area contributed by atoms with Gasteiger partial charge in [0.2, 0.25) is 0 Å². The van der Waals surface area contributed by atoms with Crippen LogP contribution in [-0.4, -0.2) is 12.8 Å². The van der Waals surface area contributed by atoms with Crippen molar-refractivity contribution >= 4 is 23.2 Å². The molecule has 152 valence electrons. The van der Waals surface area contributed by atoms with Crippen molar-refractivity contribution in [2.75, 3.05) is 12.8 Å². The number of hydrogen-bond acceptors (Lipinski definition) is 1. The molecule has 1 nitrogen and oxygen atoms in total. The highest BCUT2D eigenvalue weighted by molar-refractivity contribution is 7.95. The minimum Gasteiger partial charge on any atom is -1.00 e. The Kier molecular flexibility index (Phi) is 8.25. The van der Waals surface area contributed by atoms with E-state index in [4.69, 9.17) is 4.74 Å². The van der Waals surface area contributed by atoms with E-state index < -0.39 is 7.26 Å². The Morgan fingerprint density at radius 2 is 0.867 bits per heavy atom. The van der Waals surface area contributed by atoms with Crippen LogP contribution in [0.15, 0.2) is 121 Å². The van der Waals surface area contributed by atoms with Crippen molar-refractivity contribution in [1.29, 1.82) is 0 Å². The first-order chi connectivity index (χ1) is 14.4. The Morgan fingerprint density at radius 3 is 1.27 bits per heavy atom. The first kappa shape index (κ1) is 22.3. The lowest BCUT2D eigenvalue weighted by Crippen LogP contribution is -3.00. The first-order valence-corrected chi connectivity index (χ1v) is 12.1. The second-order valence-electron chi connectivity index (χ2n) is 7.06. The lowest BCUT2D eigenvalue weighted by Gasteiger charge is -2.27. The van der Waals surface area contributed by atoms with Gasteiger partial charge in [0.25, 0.3) is 0 Å². The minimum atomic E-state index is -1.75. The van der Waals surface area contributed by atoms with E-state index in [0.717, 1.165) is 24.9 Å². The minimum absolute atomic E-state index is 0. The highest BCUT2D eigenvalue weighted by atomic mass is 79.9. The maximum absolute atomic E-state index is 6.03. The fraction of sp³-hybridized carbons (Fsp3) is 0.111. The van der Waals surface area contributed by atoms with Crippen LogP contribution >= 0.6 is 7.26 Å². The van der Waals surface area contributed by atoms with Crippen molar-refractivity contribution in [3.63, 3.8) is 0 Å². The van der Waals surface area contributed by atoms with E-state index in [9.17, 15) is 0 Å². The maximum atomic E-state index is 6.03. The van der Waals surface area contributed by atoms with Gasteiger partial charge in [-0.1, -0.05) is 72.8 Å². The second-order valence-corrected chi connectivity index (χ2v) is 10.7. The molecule has 0 aliphatic rings. The molecular formula is C27H26BrOP. The molecule has 0 fully saturated rings. The number of ether oxygens (including phenoxy) is 1. The Labute approximate surface area is 190 Å². The average Bonchev–Trinajstić information content (AvgIpc) is 2.82. The van der Waals surface area contributed by atoms with Gasteiger partial charge in [-0.3, -0.25) is 0 Å². The normalized spacial score (nSPS) is 10.8. The zero-order chi connectivity index (χ0) is 19.8. The molecule has 0 N–H and O–H groups in total. The van der Waals surface area contributed by atoms with Gasteiger partial charge >= 0.3 is 0 Å². The SMILES string of the molecule is [Br-].c1ccc(OCCC[P+](c2ccccc2)(c2ccccc2)c2ccccc2)cc1. The standard InChI is InChI=1S/C27H26OP.BrH/c1-5-14-24(15-6-1)28-22-13-23-29(25-16-7-2-8-17-25,26-18-9-3-10-19-26)27-20-11-4-12-21-27;/h1-12,14-21H,13,22-23H2;1H/q+1;/p-1. The molecule has 0 aromatic heterocycles. The van der Waals surface area contributed by atoms with Gasteiger partial charge in [-0.25, -0.2) is 0 Å². The average molecular weight is 477 g/mol. The molecular weight excluding hydrogens is 451 g/mol. The van der Waals surface area contributed by atoms with Gasteiger partial charge in [-0.05, 0) is 48.5 Å². The summed E-state index contributed by atoms with van der Waals surface area (Å²) in [5.41, 5.74) is 0. The number of benzene rings is 4. The van der Waals surface area contributed by atoms with Crippen LogP contribution in [0, 0.1) is 0 Å². The van der Waals surface area contributed by atoms with Crippen LogP contribution in [0.4, 0.5) is 0 Å². The van der Waals surface area contributed by atoms with Crippen molar-refractivity contribution in [1.82, 2.24) is 0 Å². The summed E-state index contributed by atoms with van der Waals surface area (Å²) in [4.78, 5) is 0. The van der Waals surface area contributed by atoms with Crippen molar-refractivity contribution in [2.24, 2.45) is 0 Å². The van der Waals surface area contributed by atoms with Gasteiger partial charge in [-0.15, -0.1) is 0 Å². The van der Waals surface area contributed by atoms with Gasteiger partial charge in [-0.2, -0.15) is 0 Å². The molecule has 0 aliphatic carbocycles. The smallest absolute Gasteiger partial charge is 0.119 e. The van der Waals surface area contributed by atoms with Crippen LogP contribution in [-0.2, 0) is 0 Å². The van der Waals surface area contributed by atoms with Crippen molar-refractivity contribution in [3.05, 3.63) is 121 Å². The summed E-state index contributed by atoms with van der Waals surface area (Å²) < 4.78 is 6.03. The molecule has 0 atom stereocenters. The zero-order valence-electron chi connectivity index (χ0n) is 16.9. The van der Waals surface area contributed by atoms with Crippen LogP contribution in [0.5, 0.6) is 5.75 Å². The molecule has 0 saturated heterocycles. The number of halogens is 1. The molecule has 0 saturated carbocycles. The van der Waals surface area contributed by atoms with Crippen LogP contribution in [0.2, 0.25) is 0 Å². The third kappa shape index (κ3) is 5.01. The Balaban J connectivity index is 0.00000256. The molecule has 0 spiro atoms. The van der Waals surface area contributed by atoms with Crippen LogP contribution in [0.1, 0.15) is 6.42 Å². The van der Waals surface area contributed by atoms with E-state index >= 15 is 0 Å². The topological polar surface area (TPSA) is 9.23 Å². The fourth-order valence-corrected chi connectivity index (χ4v) is 8.21. The van der Waals surface area contributed by atoms with Crippen LogP contribution in [0.3, 0.4) is 0 Å². The molecule has 4 aromatic rings. The molecule has 30 heavy (non-hydrogen) atoms. The quantitative estimate of drug-likeness (QED) is 0.280. The fourth-order valence-electron chi connectivity index (χ4n) is 3.89. The summed E-state index contributed by atoms with van der Waals surface area (Å²) in [7, 11) is -1.75. The molecule has 4 aromatic carbocycles. The number of para-hydroxylation sites is 1. The van der Waals surface area contributed by atoms with E-state index in [1.165, 1.54) is 15.9 Å². The third-order valence-corrected chi connectivity index (χ3v) is 9.77. The van der Waals surface area contributed by atoms with E-state index in [-0.39, 0.29) is 17.0 Å². The van der Waals surface area contributed by atoms with E-state index in [2.05, 4.69) is 91.0 Å². The largest absolute Gasteiger partial charge is 1.00 e. The van der Waals surface area contributed by atoms with Crippen molar-refractivity contribution in [3.8, 4) is 5.75 Å². The van der Waals surface area contributed by atoms with E-state index in [1.807, 2.05) is 30.3 Å². The monoisotopic (exact) mass is 476 g/mol. The van der Waals surface area contributed by atoms with Gasteiger partial charge in [0, 0.05) is 6.42 Å². The van der Waals surface area contributed by atoms with Crippen LogP contribution in [0.25, 0.3) is 0 Å². The molecule has 0 aliphatic heterocycles. The number of hydrogen-bond donors (Lipinski definition) is 0. The summed E-state index contributed by atoms with van der Waals surface area (Å²) in [5.74, 6) is 0.940. The predicted octanol–water partition coefficient (Wildman–Crippen LogP) is 2.45. The molecule has 4 rings (SSSR count). The molecule has 3 heteroatoms. The second kappa shape index (κ2) is 11.1. The number of rotatable bonds is 8. The lowest BCUT2D eigenvalue weighted by molar-refractivity contribution is -0.00000608. The molecule has 0 unspecified atom stereocenters. The zero-order valence-corrected chi connectivity index (χ0v) is 19.4. The van der Waals surface area contributed by atoms with E-state index in [1.54, 1.807) is 0 Å². The first-order valence-electron chi connectivity index (χ1n) is 10.1. The molecule has 0 radical (unpaired) electrons.